The maximum atomic E-state index is 13.2. The van der Waals surface area contributed by atoms with Crippen molar-refractivity contribution in [2.75, 3.05) is 0 Å². The van der Waals surface area contributed by atoms with E-state index in [0.717, 1.165) is 35.5 Å². The fourth-order valence-electron chi connectivity index (χ4n) is 9.11. The summed E-state index contributed by atoms with van der Waals surface area (Å²) in [6, 6.07) is 0.203. The van der Waals surface area contributed by atoms with Crippen molar-refractivity contribution in [3.8, 4) is 0 Å². The number of hydrogen-bond donors (Lipinski definition) is 2. The molecule has 4 bridgehead atoms. The molecule has 24 heavy (non-hydrogen) atoms. The molecule has 0 aromatic heterocycles. The van der Waals surface area contributed by atoms with Crippen molar-refractivity contribution in [3.05, 3.63) is 0 Å². The van der Waals surface area contributed by atoms with Crippen molar-refractivity contribution in [1.29, 1.82) is 0 Å². The van der Waals surface area contributed by atoms with Crippen LogP contribution in [0.2, 0.25) is 0 Å². The number of amides is 2. The highest BCUT2D eigenvalue weighted by molar-refractivity contribution is 5.76. The molecule has 2 amide bonds. The maximum absolute atomic E-state index is 13.2. The molecule has 0 saturated heterocycles. The first-order valence-corrected chi connectivity index (χ1v) is 10.8. The highest BCUT2D eigenvalue weighted by Crippen LogP contribution is 2.62. The summed E-state index contributed by atoms with van der Waals surface area (Å²) in [5, 5.41) is 7.26. The van der Waals surface area contributed by atoms with Crippen LogP contribution in [-0.2, 0) is 0 Å². The minimum Gasteiger partial charge on any atom is -0.332 e. The van der Waals surface area contributed by atoms with Gasteiger partial charge in [0.25, 0.3) is 0 Å². The molecule has 8 atom stereocenters. The van der Waals surface area contributed by atoms with Gasteiger partial charge in [-0.2, -0.15) is 0 Å². The topological polar surface area (TPSA) is 41.1 Å². The lowest BCUT2D eigenvalue weighted by molar-refractivity contribution is 0.131. The zero-order valence-electron chi connectivity index (χ0n) is 14.9. The van der Waals surface area contributed by atoms with Gasteiger partial charge in [-0.3, -0.25) is 0 Å². The molecule has 0 heterocycles. The van der Waals surface area contributed by atoms with Crippen LogP contribution >= 0.6 is 0 Å². The van der Waals surface area contributed by atoms with E-state index in [-0.39, 0.29) is 17.1 Å². The van der Waals surface area contributed by atoms with Gasteiger partial charge in [-0.25, -0.2) is 4.79 Å². The van der Waals surface area contributed by atoms with Crippen molar-refractivity contribution in [1.82, 2.24) is 10.6 Å². The van der Waals surface area contributed by atoms with Crippen LogP contribution < -0.4 is 10.6 Å². The highest BCUT2D eigenvalue weighted by Gasteiger charge is 2.63. The first kappa shape index (κ1) is 14.4. The molecule has 0 radical (unpaired) electrons. The zero-order chi connectivity index (χ0) is 15.9. The van der Waals surface area contributed by atoms with Gasteiger partial charge in [0.1, 0.15) is 0 Å². The molecule has 3 nitrogen and oxygen atoms in total. The van der Waals surface area contributed by atoms with Crippen LogP contribution in [-0.4, -0.2) is 17.1 Å². The SMILES string of the molecule is O=C(N[C@]12CCC[C@H]1[C@H]1CC[C@@H]2C1)N[C@@]12CCC[C@@H]1[C@H]1CC[C@@H]2C1. The highest BCUT2D eigenvalue weighted by atomic mass is 16.2. The summed E-state index contributed by atoms with van der Waals surface area (Å²) in [6.45, 7) is 0. The summed E-state index contributed by atoms with van der Waals surface area (Å²) < 4.78 is 0. The van der Waals surface area contributed by atoms with Gasteiger partial charge in [0.2, 0.25) is 0 Å². The smallest absolute Gasteiger partial charge is 0.315 e. The first-order chi connectivity index (χ1) is 11.7. The second-order valence-corrected chi connectivity index (χ2v) is 10.2. The Morgan fingerprint density at radius 3 is 1.71 bits per heavy atom. The summed E-state index contributed by atoms with van der Waals surface area (Å²) in [7, 11) is 0. The predicted octanol–water partition coefficient (Wildman–Crippen LogP) is 4.22. The molecule has 6 aliphatic rings. The average molecular weight is 329 g/mol. The molecule has 0 aliphatic heterocycles. The van der Waals surface area contributed by atoms with Crippen LogP contribution in [0.25, 0.3) is 0 Å². The molecule has 3 heteroatoms. The summed E-state index contributed by atoms with van der Waals surface area (Å²) in [6.07, 6.45) is 16.2. The standard InChI is InChI=1S/C21H32N2O/c24-19(22-20-9-1-3-17(20)13-5-7-15(20)11-13)23-21-10-2-4-18(21)14-6-8-16(21)12-14/h13-18H,1-12H2,(H2,22,23,24)/t13-,14-,15+,16+,17-,18+,20-,21+/m0/s1. The Kier molecular flexibility index (Phi) is 2.83. The Labute approximate surface area is 145 Å². The Hall–Kier alpha value is -0.730. The van der Waals surface area contributed by atoms with Gasteiger partial charge < -0.3 is 10.6 Å². The van der Waals surface area contributed by atoms with Crippen LogP contribution in [0.15, 0.2) is 0 Å². The van der Waals surface area contributed by atoms with E-state index in [2.05, 4.69) is 10.6 Å². The molecule has 6 saturated carbocycles. The molecule has 0 unspecified atom stereocenters. The molecule has 2 N–H and O–H groups in total. The largest absolute Gasteiger partial charge is 0.332 e. The number of rotatable bonds is 2. The first-order valence-electron chi connectivity index (χ1n) is 10.8. The third-order valence-corrected chi connectivity index (χ3v) is 9.77. The Morgan fingerprint density at radius 2 is 1.21 bits per heavy atom. The lowest BCUT2D eigenvalue weighted by Crippen LogP contribution is -2.63. The summed E-state index contributed by atoms with van der Waals surface area (Å²) in [5.41, 5.74) is 0.352. The van der Waals surface area contributed by atoms with Crippen molar-refractivity contribution >= 4 is 6.03 Å². The van der Waals surface area contributed by atoms with E-state index >= 15 is 0 Å². The number of hydrogen-bond acceptors (Lipinski definition) is 1. The van der Waals surface area contributed by atoms with E-state index in [1.807, 2.05) is 0 Å². The van der Waals surface area contributed by atoms with Crippen LogP contribution in [0.3, 0.4) is 0 Å². The van der Waals surface area contributed by atoms with Crippen molar-refractivity contribution in [3.63, 3.8) is 0 Å². The second kappa shape index (κ2) is 4.71. The van der Waals surface area contributed by atoms with E-state index in [9.17, 15) is 4.79 Å². The van der Waals surface area contributed by atoms with Gasteiger partial charge >= 0.3 is 6.03 Å². The average Bonchev–Trinajstić information content (AvgIpc) is 3.34. The lowest BCUT2D eigenvalue weighted by atomic mass is 9.74. The van der Waals surface area contributed by atoms with Crippen LogP contribution in [0.4, 0.5) is 4.79 Å². The van der Waals surface area contributed by atoms with E-state index < -0.39 is 0 Å². The molecular formula is C21H32N2O. The van der Waals surface area contributed by atoms with E-state index in [1.165, 1.54) is 77.0 Å². The second-order valence-electron chi connectivity index (χ2n) is 10.2. The quantitative estimate of drug-likeness (QED) is 0.783. The predicted molar refractivity (Wildman–Crippen MR) is 93.5 cm³/mol. The molecule has 0 aromatic rings. The summed E-state index contributed by atoms with van der Waals surface area (Å²) in [4.78, 5) is 13.2. The number of fused-ring (bicyclic) bond motifs is 10. The monoisotopic (exact) mass is 328 g/mol. The van der Waals surface area contributed by atoms with E-state index in [4.69, 9.17) is 0 Å². The van der Waals surface area contributed by atoms with Crippen LogP contribution in [0.1, 0.15) is 77.0 Å². The molecular weight excluding hydrogens is 296 g/mol. The molecule has 0 spiro atoms. The Balaban J connectivity index is 1.23. The fourth-order valence-corrected chi connectivity index (χ4v) is 9.11. The Bertz CT molecular complexity index is 528. The number of urea groups is 1. The van der Waals surface area contributed by atoms with Gasteiger partial charge in [0.15, 0.2) is 0 Å². The molecule has 6 aliphatic carbocycles. The third kappa shape index (κ3) is 1.63. The Morgan fingerprint density at radius 1 is 0.708 bits per heavy atom. The van der Waals surface area contributed by atoms with Gasteiger partial charge in [-0.15, -0.1) is 0 Å². The van der Waals surface area contributed by atoms with Gasteiger partial charge in [-0.05, 0) is 99.7 Å². The van der Waals surface area contributed by atoms with Crippen molar-refractivity contribution in [2.45, 2.75) is 88.1 Å². The number of nitrogens with one attached hydrogen (secondary N) is 2. The normalized spacial score (nSPS) is 56.5. The number of carbonyl (C=O) groups excluding carboxylic acids is 1. The summed E-state index contributed by atoms with van der Waals surface area (Å²) in [5.74, 6) is 4.96. The third-order valence-electron chi connectivity index (χ3n) is 9.77. The van der Waals surface area contributed by atoms with Gasteiger partial charge in [-0.1, -0.05) is 12.8 Å². The molecule has 132 valence electrons. The van der Waals surface area contributed by atoms with Crippen molar-refractivity contribution in [2.24, 2.45) is 35.5 Å². The molecule has 6 rings (SSSR count). The van der Waals surface area contributed by atoms with E-state index in [1.54, 1.807) is 0 Å². The van der Waals surface area contributed by atoms with Gasteiger partial charge in [0.05, 0.1) is 0 Å². The van der Waals surface area contributed by atoms with Crippen LogP contribution in [0.5, 0.6) is 0 Å². The minimum absolute atomic E-state index is 0.176. The maximum Gasteiger partial charge on any atom is 0.315 e. The van der Waals surface area contributed by atoms with Crippen molar-refractivity contribution < 1.29 is 4.79 Å². The minimum atomic E-state index is 0.176. The van der Waals surface area contributed by atoms with Gasteiger partial charge in [0, 0.05) is 11.1 Å². The molecule has 6 fully saturated rings. The number of carbonyl (C=O) groups is 1. The lowest BCUT2D eigenvalue weighted by Gasteiger charge is -2.44. The van der Waals surface area contributed by atoms with E-state index in [0.29, 0.717) is 0 Å². The zero-order valence-corrected chi connectivity index (χ0v) is 14.9. The summed E-state index contributed by atoms with van der Waals surface area (Å²) >= 11 is 0. The molecule has 0 aromatic carbocycles. The fraction of sp³-hybridized carbons (Fsp3) is 0.952. The van der Waals surface area contributed by atoms with Crippen LogP contribution in [0, 0.1) is 35.5 Å².